The Balaban J connectivity index is 4.23. The fraction of sp³-hybridized carbons (Fsp3) is 0.660. The molecule has 10 heteroatoms. The van der Waals surface area contributed by atoms with Crippen LogP contribution in [0.2, 0.25) is 0 Å². The molecule has 0 aliphatic rings. The van der Waals surface area contributed by atoms with Crippen LogP contribution in [-0.4, -0.2) is 49.3 Å². The lowest BCUT2D eigenvalue weighted by atomic mass is 10.1. The van der Waals surface area contributed by atoms with Crippen molar-refractivity contribution in [2.24, 2.45) is 5.73 Å². The summed E-state index contributed by atoms with van der Waals surface area (Å²) in [5.41, 5.74) is 5.34. The summed E-state index contributed by atoms with van der Waals surface area (Å²) in [4.78, 5) is 34.8. The fourth-order valence-electron chi connectivity index (χ4n) is 5.56. The number of carbonyl (C=O) groups excluding carboxylic acids is 2. The predicted molar refractivity (Wildman–Crippen MR) is 238 cm³/mol. The molecule has 0 saturated heterocycles. The number of hydrogen-bond acceptors (Lipinski definition) is 8. The van der Waals surface area contributed by atoms with E-state index < -0.39 is 32.5 Å². The Hall–Kier alpha value is -2.81. The number of rotatable bonds is 40. The van der Waals surface area contributed by atoms with Gasteiger partial charge in [-0.05, 0) is 70.6 Å². The molecule has 9 nitrogen and oxygen atoms in total. The lowest BCUT2D eigenvalue weighted by Gasteiger charge is -2.19. The van der Waals surface area contributed by atoms with Crippen LogP contribution in [-0.2, 0) is 32.7 Å². The third-order valence-corrected chi connectivity index (χ3v) is 9.78. The fourth-order valence-corrected chi connectivity index (χ4v) is 6.33. The van der Waals surface area contributed by atoms with Crippen LogP contribution in [0, 0.1) is 0 Å². The highest BCUT2D eigenvalue weighted by Gasteiger charge is 2.25. The first-order valence-electron chi connectivity index (χ1n) is 22.1. The van der Waals surface area contributed by atoms with Gasteiger partial charge in [-0.15, -0.1) is 0 Å². The molecule has 2 atom stereocenters. The summed E-state index contributed by atoms with van der Waals surface area (Å²) in [6, 6.07) is 0. The molecular formula is C47H80NO8P. The van der Waals surface area contributed by atoms with Crippen molar-refractivity contribution in [2.45, 2.75) is 174 Å². The zero-order chi connectivity index (χ0) is 41.8. The highest BCUT2D eigenvalue weighted by atomic mass is 31.2. The third kappa shape index (κ3) is 42.6. The van der Waals surface area contributed by atoms with Gasteiger partial charge in [0.15, 0.2) is 6.10 Å². The van der Waals surface area contributed by atoms with Gasteiger partial charge < -0.3 is 20.1 Å². The molecule has 0 bridgehead atoms. The van der Waals surface area contributed by atoms with Crippen molar-refractivity contribution in [1.82, 2.24) is 0 Å². The smallest absolute Gasteiger partial charge is 0.462 e. The summed E-state index contributed by atoms with van der Waals surface area (Å²) < 4.78 is 32.6. The monoisotopic (exact) mass is 818 g/mol. The number of ether oxygens (including phenoxy) is 2. The van der Waals surface area contributed by atoms with Crippen LogP contribution in [0.3, 0.4) is 0 Å². The minimum Gasteiger partial charge on any atom is -0.462 e. The molecule has 3 N–H and O–H groups in total. The van der Waals surface area contributed by atoms with Gasteiger partial charge in [-0.1, -0.05) is 170 Å². The van der Waals surface area contributed by atoms with E-state index in [1.54, 1.807) is 6.08 Å². The van der Waals surface area contributed by atoms with Crippen molar-refractivity contribution in [3.05, 3.63) is 85.1 Å². The summed E-state index contributed by atoms with van der Waals surface area (Å²) in [6.45, 7) is 3.47. The second-order valence-corrected chi connectivity index (χ2v) is 15.6. The largest absolute Gasteiger partial charge is 0.472 e. The molecule has 0 radical (unpaired) electrons. The molecule has 57 heavy (non-hydrogen) atoms. The molecule has 0 heterocycles. The molecular weight excluding hydrogens is 737 g/mol. The molecule has 0 aliphatic heterocycles. The van der Waals surface area contributed by atoms with Crippen molar-refractivity contribution in [3.8, 4) is 0 Å². The van der Waals surface area contributed by atoms with Crippen LogP contribution in [0.15, 0.2) is 85.1 Å². The van der Waals surface area contributed by atoms with Gasteiger partial charge in [-0.25, -0.2) is 4.57 Å². The molecule has 2 unspecified atom stereocenters. The van der Waals surface area contributed by atoms with E-state index in [1.165, 1.54) is 70.6 Å². The molecule has 0 fully saturated rings. The number of nitrogens with two attached hydrogens (primary N) is 1. The molecule has 0 amide bonds. The summed E-state index contributed by atoms with van der Waals surface area (Å²) in [7, 11) is -4.41. The average Bonchev–Trinajstić information content (AvgIpc) is 3.20. The number of hydrogen-bond donors (Lipinski definition) is 2. The maximum atomic E-state index is 12.5. The molecule has 326 valence electrons. The maximum absolute atomic E-state index is 12.5. The number of phosphoric acid groups is 1. The number of carbonyl (C=O) groups is 2. The Bertz CT molecular complexity index is 1210. The van der Waals surface area contributed by atoms with Crippen LogP contribution in [0.1, 0.15) is 168 Å². The zero-order valence-corrected chi connectivity index (χ0v) is 36.7. The minimum atomic E-state index is -4.41. The van der Waals surface area contributed by atoms with Crippen molar-refractivity contribution >= 4 is 19.8 Å². The average molecular weight is 818 g/mol. The standard InChI is InChI=1S/C47H80NO8P/c1-3-5-7-9-11-13-15-17-19-20-21-22-23-24-26-27-29-31-33-35-37-39-46(49)53-43-45(44-55-57(51,52)54-42-41-48)56-47(50)40-38-36-34-32-30-28-25-18-16-14-12-10-8-6-4-2/h6,8,12,14-15,17-18,20-21,25,30,32,36,38,45H,3-5,7,9-11,13,16,19,22-24,26-29,31,33-35,37,39-44,48H2,1-2H3,(H,51,52)/b8-6-,14-12-,17-15-,21-20-,25-18-,32-30-,38-36-. The first-order valence-corrected chi connectivity index (χ1v) is 23.6. The SMILES string of the molecule is CC/C=C\C/C=C\C/C=C\C/C=C\C/C=C\CC(=O)OC(COC(=O)CCCCCCCCCCC/C=C\C/C=C\CCCCCCC)COP(=O)(O)OCCN. The quantitative estimate of drug-likeness (QED) is 0.0268. The van der Waals surface area contributed by atoms with Gasteiger partial charge in [0.05, 0.1) is 19.6 Å². The van der Waals surface area contributed by atoms with E-state index in [0.717, 1.165) is 57.8 Å². The molecule has 0 rings (SSSR count). The van der Waals surface area contributed by atoms with Gasteiger partial charge in [-0.3, -0.25) is 18.6 Å². The molecule has 0 aromatic rings. The van der Waals surface area contributed by atoms with Crippen LogP contribution < -0.4 is 5.73 Å². The van der Waals surface area contributed by atoms with E-state index in [9.17, 15) is 19.0 Å². The van der Waals surface area contributed by atoms with Crippen molar-refractivity contribution in [1.29, 1.82) is 0 Å². The normalized spacial score (nSPS) is 14.1. The molecule has 0 aromatic carbocycles. The molecule has 0 saturated carbocycles. The van der Waals surface area contributed by atoms with Crippen molar-refractivity contribution in [3.63, 3.8) is 0 Å². The van der Waals surface area contributed by atoms with E-state index >= 15 is 0 Å². The summed E-state index contributed by atoms with van der Waals surface area (Å²) in [6.07, 6.45) is 53.6. The lowest BCUT2D eigenvalue weighted by Crippen LogP contribution is -2.29. The Labute approximate surface area is 347 Å². The van der Waals surface area contributed by atoms with E-state index in [2.05, 4.69) is 80.7 Å². The van der Waals surface area contributed by atoms with E-state index in [0.29, 0.717) is 12.8 Å². The summed E-state index contributed by atoms with van der Waals surface area (Å²) in [5.74, 6) is -0.987. The van der Waals surface area contributed by atoms with Crippen molar-refractivity contribution < 1.29 is 37.6 Å². The Kier molecular flexibility index (Phi) is 40.7. The molecule has 0 aromatic heterocycles. The van der Waals surface area contributed by atoms with E-state index in [4.69, 9.17) is 24.3 Å². The van der Waals surface area contributed by atoms with Gasteiger partial charge in [0.25, 0.3) is 0 Å². The van der Waals surface area contributed by atoms with E-state index in [1.807, 2.05) is 12.2 Å². The second-order valence-electron chi connectivity index (χ2n) is 14.2. The topological polar surface area (TPSA) is 134 Å². The van der Waals surface area contributed by atoms with E-state index in [-0.39, 0.29) is 32.6 Å². The summed E-state index contributed by atoms with van der Waals surface area (Å²) >= 11 is 0. The van der Waals surface area contributed by atoms with Gasteiger partial charge in [-0.2, -0.15) is 0 Å². The van der Waals surface area contributed by atoms with Gasteiger partial charge in [0.1, 0.15) is 6.61 Å². The van der Waals surface area contributed by atoms with Crippen LogP contribution in [0.25, 0.3) is 0 Å². The predicted octanol–water partition coefficient (Wildman–Crippen LogP) is 12.8. The number of allylic oxidation sites excluding steroid dienone is 13. The zero-order valence-electron chi connectivity index (χ0n) is 35.8. The maximum Gasteiger partial charge on any atom is 0.472 e. The van der Waals surface area contributed by atoms with Gasteiger partial charge >= 0.3 is 19.8 Å². The highest BCUT2D eigenvalue weighted by Crippen LogP contribution is 2.43. The molecule has 0 spiro atoms. The minimum absolute atomic E-state index is 0.00673. The first-order chi connectivity index (χ1) is 27.8. The number of esters is 2. The van der Waals surface area contributed by atoms with Crippen LogP contribution in [0.4, 0.5) is 0 Å². The first kappa shape index (κ1) is 54.2. The lowest BCUT2D eigenvalue weighted by molar-refractivity contribution is -0.160. The Morgan fingerprint density at radius 2 is 1.02 bits per heavy atom. The Morgan fingerprint density at radius 3 is 1.53 bits per heavy atom. The number of unbranched alkanes of at least 4 members (excludes halogenated alkanes) is 14. The number of phosphoric ester groups is 1. The van der Waals surface area contributed by atoms with Crippen LogP contribution >= 0.6 is 7.82 Å². The molecule has 0 aliphatic carbocycles. The van der Waals surface area contributed by atoms with Gasteiger partial charge in [0.2, 0.25) is 0 Å². The van der Waals surface area contributed by atoms with Crippen molar-refractivity contribution in [2.75, 3.05) is 26.4 Å². The second kappa shape index (κ2) is 42.8. The third-order valence-electron chi connectivity index (χ3n) is 8.80. The summed E-state index contributed by atoms with van der Waals surface area (Å²) in [5, 5.41) is 0. The highest BCUT2D eigenvalue weighted by molar-refractivity contribution is 7.47. The van der Waals surface area contributed by atoms with Gasteiger partial charge in [0, 0.05) is 13.0 Å². The van der Waals surface area contributed by atoms with Crippen LogP contribution in [0.5, 0.6) is 0 Å². The Morgan fingerprint density at radius 1 is 0.561 bits per heavy atom.